The first kappa shape index (κ1) is 48.2. The number of nitriles is 1. The second kappa shape index (κ2) is 16.9. The summed E-state index contributed by atoms with van der Waals surface area (Å²) < 4.78 is 146. The molecule has 3 aromatic heterocycles. The number of hydrogen-bond donors (Lipinski definition) is 0. The maximum absolute atomic E-state index is 10.7. The van der Waals surface area contributed by atoms with Crippen molar-refractivity contribution in [2.75, 3.05) is 13.2 Å². The van der Waals surface area contributed by atoms with E-state index in [-0.39, 0.29) is 0 Å². The van der Waals surface area contributed by atoms with Crippen molar-refractivity contribution < 1.29 is 79.1 Å². The molecule has 0 unspecified atom stereocenters. The van der Waals surface area contributed by atoms with Crippen molar-refractivity contribution in [2.24, 2.45) is 0 Å². The van der Waals surface area contributed by atoms with Crippen molar-refractivity contribution in [3.05, 3.63) is 146 Å². The summed E-state index contributed by atoms with van der Waals surface area (Å²) in [5.74, 6) is 1.53. The van der Waals surface area contributed by atoms with Gasteiger partial charge in [-0.3, -0.25) is 0 Å². The van der Waals surface area contributed by atoms with Crippen LogP contribution >= 0.6 is 6.85 Å². The fourth-order valence-corrected chi connectivity index (χ4v) is 15.5. The quantitative estimate of drug-likeness (QED) is 0.0556. The van der Waals surface area contributed by atoms with Crippen molar-refractivity contribution in [3.8, 4) is 40.3 Å². The third-order valence-electron chi connectivity index (χ3n) is 10.3. The van der Waals surface area contributed by atoms with Crippen LogP contribution in [0, 0.1) is 11.3 Å². The van der Waals surface area contributed by atoms with Gasteiger partial charge in [-0.2, -0.15) is 31.6 Å². The van der Waals surface area contributed by atoms with Gasteiger partial charge in [0, 0.05) is 20.1 Å². The van der Waals surface area contributed by atoms with Crippen LogP contribution in [0.2, 0.25) is 0 Å². The number of ether oxygens (including phenoxy) is 1. The van der Waals surface area contributed by atoms with E-state index < -0.39 is 38.1 Å². The van der Waals surface area contributed by atoms with Crippen LogP contribution < -0.4 is 27.4 Å². The van der Waals surface area contributed by atoms with Gasteiger partial charge >= 0.3 is 247 Å². The molecule has 10 rings (SSSR count). The topological polar surface area (TPSA) is 178 Å². The van der Waals surface area contributed by atoms with Crippen LogP contribution in [-0.4, -0.2) is 50.2 Å². The van der Waals surface area contributed by atoms with Gasteiger partial charge in [0.15, 0.2) is 20.2 Å². The number of alkyl halides is 6. The first-order valence-corrected chi connectivity index (χ1v) is 24.3. The van der Waals surface area contributed by atoms with Gasteiger partial charge in [0.1, 0.15) is 0 Å². The molecule has 0 radical (unpaired) electrons. The summed E-state index contributed by atoms with van der Waals surface area (Å²) in [5, 5.41) is 12.6. The standard InChI is InChI=1S/C35H24N3O2P.C4H10O.C2H3N.2CHF3O3S/c1-2-13-25(14-3-1)41(39-34-28-17-6-4-15-26(28)27-16-5-7-18-29(27)35(34)40-41)36-23-10-8-19-30(36)32-21-12-22-33(38(32)41)31-20-9-11-24-37(31)41;1-3-5-4-2;1-2-3;2*2-1(3,4)8(5,6)7/h1-24H;3-4H2,1-2H3;1H3;2*(H,5,6,7)/q+2;;;;/p-2. The summed E-state index contributed by atoms with van der Waals surface area (Å²) in [7, 11) is -12.2. The molecule has 6 heterocycles. The van der Waals surface area contributed by atoms with E-state index in [1.54, 1.807) is 6.07 Å². The molecule has 65 heavy (non-hydrogen) atoms. The van der Waals surface area contributed by atoms with Gasteiger partial charge in [-0.1, -0.05) is 0 Å². The molecule has 13 nitrogen and oxygen atoms in total. The van der Waals surface area contributed by atoms with E-state index in [1.807, 2.05) is 13.8 Å². The zero-order chi connectivity index (χ0) is 47.7. The monoisotopic (exact) mass is 962 g/mol. The molecule has 0 fully saturated rings. The number of nitrogens with zero attached hydrogens (tertiary/aromatic N) is 4. The van der Waals surface area contributed by atoms with E-state index in [1.165, 1.54) is 6.92 Å². The fourth-order valence-electron chi connectivity index (χ4n) is 8.08. The Hall–Kier alpha value is -6.27. The second-order valence-corrected chi connectivity index (χ2v) is 21.4. The van der Waals surface area contributed by atoms with Crippen molar-refractivity contribution in [1.82, 2.24) is 0 Å². The van der Waals surface area contributed by atoms with Crippen LogP contribution in [0.25, 0.3) is 44.3 Å². The SMILES string of the molecule is CC#N.CCOCC.O=S(=O)([O-])C(F)(F)F.O=S(=O)([O-])C(F)(F)F.c1ccc([P-]234(Oc5c(c6ccccc6c6ccccc56)O2)[n+]2ccccc2-c2cccc([n+]23)-c2cccc[n+]24)cc1. The van der Waals surface area contributed by atoms with Gasteiger partial charge in [-0.25, -0.2) is 16.8 Å². The Kier molecular flexibility index (Phi) is 12.6. The normalized spacial score (nSPS) is 16.0. The second-order valence-electron chi connectivity index (χ2n) is 13.9. The molecule has 3 aliphatic rings. The predicted octanol–water partition coefficient (Wildman–Crippen LogP) is 7.90. The first-order chi connectivity index (χ1) is 30.6. The molecule has 0 N–H and O–H groups in total. The van der Waals surface area contributed by atoms with Crippen LogP contribution in [0.3, 0.4) is 0 Å². The Morgan fingerprint density at radius 2 is 0.892 bits per heavy atom. The van der Waals surface area contributed by atoms with Crippen molar-refractivity contribution >= 4 is 53.9 Å². The maximum atomic E-state index is 10.7. The van der Waals surface area contributed by atoms with Crippen LogP contribution in [0.4, 0.5) is 26.3 Å². The summed E-state index contributed by atoms with van der Waals surface area (Å²) >= 11 is 0. The molecule has 4 aromatic carbocycles. The Bertz CT molecular complexity index is 3060. The molecule has 0 bridgehead atoms. The molecule has 22 heteroatoms. The first-order valence-electron chi connectivity index (χ1n) is 19.2. The average Bonchev–Trinajstić information content (AvgIpc) is 3.83. The molecule has 0 saturated heterocycles. The molecule has 1 spiro atoms. The molecule has 3 aliphatic heterocycles. The van der Waals surface area contributed by atoms with E-state index in [4.69, 9.17) is 45.0 Å². The molecule has 0 amide bonds. The molecule has 7 aromatic rings. The Morgan fingerprint density at radius 1 is 0.569 bits per heavy atom. The van der Waals surface area contributed by atoms with E-state index in [2.05, 4.69) is 159 Å². The van der Waals surface area contributed by atoms with Gasteiger partial charge in [0.05, 0.1) is 6.07 Å². The molecule has 342 valence electrons. The van der Waals surface area contributed by atoms with Gasteiger partial charge in [0.25, 0.3) is 0 Å². The Balaban J connectivity index is 0.000000243. The summed E-state index contributed by atoms with van der Waals surface area (Å²) in [6.07, 6.45) is 4.28. The number of benzene rings is 4. The molecular weight excluding hydrogens is 926 g/mol. The van der Waals surface area contributed by atoms with Crippen molar-refractivity contribution in [1.29, 1.82) is 5.26 Å². The van der Waals surface area contributed by atoms with E-state index >= 15 is 0 Å². The molecular formula is C43H37F6N4O9PS2. The Morgan fingerprint density at radius 3 is 1.23 bits per heavy atom. The summed E-state index contributed by atoms with van der Waals surface area (Å²) in [6.45, 7) is 1.83. The third-order valence-corrected chi connectivity index (χ3v) is 17.9. The van der Waals surface area contributed by atoms with E-state index in [0.717, 1.165) is 74.3 Å². The number of rotatable bonds is 3. The minimum atomic E-state index is -6.09. The summed E-state index contributed by atoms with van der Waals surface area (Å²) in [4.78, 5) is 0. The average molecular weight is 963 g/mol. The van der Waals surface area contributed by atoms with Crippen LogP contribution in [0.5, 0.6) is 11.5 Å². The Labute approximate surface area is 368 Å². The minimum absolute atomic E-state index is 0.764. The molecule has 0 saturated carbocycles. The van der Waals surface area contributed by atoms with Crippen LogP contribution in [0.15, 0.2) is 146 Å². The van der Waals surface area contributed by atoms with Gasteiger partial charge in [-0.15, -0.1) is 0 Å². The van der Waals surface area contributed by atoms with Gasteiger partial charge in [0.2, 0.25) is 0 Å². The third kappa shape index (κ3) is 7.21. The van der Waals surface area contributed by atoms with Crippen molar-refractivity contribution in [3.63, 3.8) is 0 Å². The zero-order valence-corrected chi connectivity index (χ0v) is 36.8. The van der Waals surface area contributed by atoms with Gasteiger partial charge < -0.3 is 13.8 Å². The number of halogens is 6. The predicted molar refractivity (Wildman–Crippen MR) is 225 cm³/mol. The number of hydrogen-bond acceptors (Lipinski definition) is 10. The fraction of sp³-hybridized carbons (Fsp3) is 0.163. The number of pyridine rings is 3. The van der Waals surface area contributed by atoms with Crippen LogP contribution in [0.1, 0.15) is 20.8 Å². The van der Waals surface area contributed by atoms with E-state index in [0.29, 0.717) is 0 Å². The zero-order valence-electron chi connectivity index (χ0n) is 34.3. The number of fused-ring (bicyclic) bond motifs is 10. The van der Waals surface area contributed by atoms with E-state index in [9.17, 15) is 26.3 Å². The van der Waals surface area contributed by atoms with Crippen LogP contribution in [-0.2, 0) is 25.0 Å². The molecule has 0 atom stereocenters. The van der Waals surface area contributed by atoms with Crippen molar-refractivity contribution in [2.45, 2.75) is 31.8 Å². The molecule has 0 aliphatic carbocycles. The van der Waals surface area contributed by atoms with Gasteiger partial charge in [-0.05, 0) is 13.8 Å². The number of aromatic nitrogens is 3. The summed E-state index contributed by atoms with van der Waals surface area (Å²) in [5.41, 5.74) is -7.12. The summed E-state index contributed by atoms with van der Waals surface area (Å²) in [6, 6.07) is 48.5.